The number of hydrogen-bond acceptors (Lipinski definition) is 2. The third-order valence-electron chi connectivity index (χ3n) is 6.14. The lowest BCUT2D eigenvalue weighted by Gasteiger charge is -2.19. The van der Waals surface area contributed by atoms with Crippen LogP contribution >= 0.6 is 0 Å². The van der Waals surface area contributed by atoms with E-state index in [2.05, 4.69) is 113 Å². The molecule has 0 bridgehead atoms. The normalized spacial score (nSPS) is 11.6. The van der Waals surface area contributed by atoms with E-state index < -0.39 is 0 Å². The third-order valence-corrected chi connectivity index (χ3v) is 6.14. The van der Waals surface area contributed by atoms with Crippen molar-refractivity contribution < 1.29 is 26.4 Å². The molecule has 0 radical (unpaired) electrons. The monoisotopic (exact) mass is 506 g/mol. The van der Waals surface area contributed by atoms with Crippen LogP contribution in [0, 0.1) is 0 Å². The van der Waals surface area contributed by atoms with Crippen LogP contribution in [0.15, 0.2) is 67.1 Å². The number of ether oxygens (including phenoxy) is 2. The molecule has 2 aromatic heterocycles. The molecule has 0 saturated carbocycles. The Morgan fingerprint density at radius 1 is 0.667 bits per heavy atom. The van der Waals surface area contributed by atoms with Gasteiger partial charge >= 0.3 is 0 Å². The van der Waals surface area contributed by atoms with Crippen LogP contribution in [0.3, 0.4) is 0 Å². The molecule has 0 aliphatic heterocycles. The number of para-hydroxylation sites is 1. The molecule has 5 heteroatoms. The van der Waals surface area contributed by atoms with Crippen LogP contribution in [0.5, 0.6) is 11.5 Å². The summed E-state index contributed by atoms with van der Waals surface area (Å²) in [5, 5.41) is 0. The average Bonchev–Trinajstić information content (AvgIpc) is 3.22. The Labute approximate surface area is 222 Å². The molecule has 0 unspecified atom stereocenters. The first-order valence-electron chi connectivity index (χ1n) is 12.8. The Morgan fingerprint density at radius 3 is 1.67 bits per heavy atom. The minimum absolute atomic E-state index is 0. The molecular formula is C31H39ClN2O2. The minimum Gasteiger partial charge on any atom is -1.00 e. The molecule has 192 valence electrons. The van der Waals surface area contributed by atoms with Crippen molar-refractivity contribution in [3.63, 3.8) is 0 Å². The first-order valence-corrected chi connectivity index (χ1v) is 12.8. The van der Waals surface area contributed by atoms with Crippen LogP contribution in [0.1, 0.15) is 78.4 Å². The van der Waals surface area contributed by atoms with Gasteiger partial charge in [0.25, 0.3) is 6.33 Å². The van der Waals surface area contributed by atoms with Gasteiger partial charge in [-0.25, -0.2) is 4.57 Å². The van der Waals surface area contributed by atoms with Gasteiger partial charge in [-0.05, 0) is 63.8 Å². The van der Waals surface area contributed by atoms with Crippen LogP contribution in [0.2, 0.25) is 0 Å². The number of halogens is 1. The van der Waals surface area contributed by atoms with E-state index in [4.69, 9.17) is 9.47 Å². The van der Waals surface area contributed by atoms with E-state index in [0.29, 0.717) is 11.8 Å². The molecule has 0 fully saturated rings. The van der Waals surface area contributed by atoms with Gasteiger partial charge < -0.3 is 21.9 Å². The molecule has 2 aromatic carbocycles. The maximum Gasteiger partial charge on any atom is 0.254 e. The van der Waals surface area contributed by atoms with Gasteiger partial charge in [-0.1, -0.05) is 58.0 Å². The fourth-order valence-electron chi connectivity index (χ4n) is 4.68. The van der Waals surface area contributed by atoms with Crippen LogP contribution in [0.25, 0.3) is 22.5 Å². The maximum absolute atomic E-state index is 6.26. The summed E-state index contributed by atoms with van der Waals surface area (Å²) in [6.45, 7) is 17.3. The highest BCUT2D eigenvalue weighted by atomic mass is 35.5. The van der Waals surface area contributed by atoms with E-state index in [1.165, 1.54) is 16.8 Å². The lowest BCUT2D eigenvalue weighted by Crippen LogP contribution is -3.00. The SMILES string of the molecule is CC(C)Oc1cccc(OC(C)C)c1-c1cccc2c[n+](-c3c(C(C)C)cccc3C(C)C)cn12.[Cl-]. The van der Waals surface area contributed by atoms with Crippen molar-refractivity contribution in [1.29, 1.82) is 0 Å². The fourth-order valence-corrected chi connectivity index (χ4v) is 4.68. The van der Waals surface area contributed by atoms with Crippen LogP contribution in [0.4, 0.5) is 0 Å². The van der Waals surface area contributed by atoms with Crippen LogP contribution < -0.4 is 26.4 Å². The summed E-state index contributed by atoms with van der Waals surface area (Å²) in [6, 6.07) is 19.2. The standard InChI is InChI=1S/C31H39N2O2.ClH/c1-20(2)25-13-10-14-26(21(3)4)31(25)32-18-24-12-9-15-27(33(24)19-32)30-28(34-22(5)6)16-11-17-29(30)35-23(7)8;/h9-23H,1-8H3;1H/q+1;/p-1. The Kier molecular flexibility index (Phi) is 8.73. The van der Waals surface area contributed by atoms with Gasteiger partial charge in [0.15, 0.2) is 5.52 Å². The zero-order chi connectivity index (χ0) is 25.3. The van der Waals surface area contributed by atoms with Crippen molar-refractivity contribution in [3.05, 3.63) is 78.2 Å². The predicted octanol–water partition coefficient (Wildman–Crippen LogP) is 4.71. The van der Waals surface area contributed by atoms with Crippen molar-refractivity contribution in [2.24, 2.45) is 0 Å². The molecular weight excluding hydrogens is 468 g/mol. The highest BCUT2D eigenvalue weighted by molar-refractivity contribution is 5.76. The summed E-state index contributed by atoms with van der Waals surface area (Å²) < 4.78 is 17.1. The van der Waals surface area contributed by atoms with E-state index >= 15 is 0 Å². The lowest BCUT2D eigenvalue weighted by atomic mass is 9.92. The summed E-state index contributed by atoms with van der Waals surface area (Å²) in [5.74, 6) is 2.50. The molecule has 2 heterocycles. The first kappa shape index (κ1) is 27.6. The Bertz CT molecular complexity index is 1270. The van der Waals surface area contributed by atoms with E-state index in [1.807, 2.05) is 18.2 Å². The maximum atomic E-state index is 6.26. The summed E-state index contributed by atoms with van der Waals surface area (Å²) in [4.78, 5) is 0. The summed E-state index contributed by atoms with van der Waals surface area (Å²) in [5.41, 5.74) is 7.12. The molecule has 4 aromatic rings. The molecule has 36 heavy (non-hydrogen) atoms. The van der Waals surface area contributed by atoms with E-state index in [0.717, 1.165) is 28.3 Å². The number of pyridine rings is 1. The Hall–Kier alpha value is -2.98. The van der Waals surface area contributed by atoms with Gasteiger partial charge in [0.05, 0.1) is 12.2 Å². The van der Waals surface area contributed by atoms with E-state index in [-0.39, 0.29) is 24.6 Å². The Morgan fingerprint density at radius 2 is 1.17 bits per heavy atom. The third kappa shape index (κ3) is 5.54. The quantitative estimate of drug-likeness (QED) is 0.324. The molecule has 4 rings (SSSR count). The lowest BCUT2D eigenvalue weighted by molar-refractivity contribution is -0.595. The smallest absolute Gasteiger partial charge is 0.254 e. The second kappa shape index (κ2) is 11.4. The van der Waals surface area contributed by atoms with Gasteiger partial charge in [0, 0.05) is 11.1 Å². The minimum atomic E-state index is 0. The number of benzene rings is 2. The second-order valence-electron chi connectivity index (χ2n) is 10.4. The molecule has 0 aliphatic carbocycles. The topological polar surface area (TPSA) is 26.8 Å². The summed E-state index contributed by atoms with van der Waals surface area (Å²) in [6.07, 6.45) is 4.54. The predicted molar refractivity (Wildman–Crippen MR) is 144 cm³/mol. The average molecular weight is 507 g/mol. The molecule has 4 nitrogen and oxygen atoms in total. The number of nitrogens with zero attached hydrogens (tertiary/aromatic N) is 2. The zero-order valence-corrected chi connectivity index (χ0v) is 23.5. The van der Waals surface area contributed by atoms with Gasteiger partial charge in [-0.2, -0.15) is 4.40 Å². The van der Waals surface area contributed by atoms with Crippen molar-refractivity contribution in [1.82, 2.24) is 4.40 Å². The number of fused-ring (bicyclic) bond motifs is 1. The first-order chi connectivity index (χ1) is 16.7. The molecule has 0 atom stereocenters. The van der Waals surface area contributed by atoms with E-state index in [1.54, 1.807) is 0 Å². The molecule has 0 spiro atoms. The zero-order valence-electron chi connectivity index (χ0n) is 22.7. The molecule has 0 amide bonds. The molecule has 0 saturated heterocycles. The van der Waals surface area contributed by atoms with E-state index in [9.17, 15) is 0 Å². The van der Waals surface area contributed by atoms with Gasteiger partial charge in [-0.3, -0.25) is 0 Å². The molecule has 0 aliphatic rings. The van der Waals surface area contributed by atoms with Crippen molar-refractivity contribution in [2.75, 3.05) is 0 Å². The summed E-state index contributed by atoms with van der Waals surface area (Å²) >= 11 is 0. The number of aromatic nitrogens is 2. The largest absolute Gasteiger partial charge is 1.00 e. The van der Waals surface area contributed by atoms with Crippen molar-refractivity contribution in [2.45, 2.75) is 79.4 Å². The number of imidazole rings is 1. The van der Waals surface area contributed by atoms with Gasteiger partial charge in [-0.15, -0.1) is 0 Å². The number of rotatable bonds is 8. The number of hydrogen-bond donors (Lipinski definition) is 0. The van der Waals surface area contributed by atoms with Gasteiger partial charge in [0.1, 0.15) is 34.6 Å². The molecule has 0 N–H and O–H groups in total. The van der Waals surface area contributed by atoms with Gasteiger partial charge in [0.2, 0.25) is 0 Å². The highest BCUT2D eigenvalue weighted by Gasteiger charge is 2.25. The van der Waals surface area contributed by atoms with Crippen molar-refractivity contribution in [3.8, 4) is 28.4 Å². The second-order valence-corrected chi connectivity index (χ2v) is 10.4. The van der Waals surface area contributed by atoms with Crippen LogP contribution in [-0.4, -0.2) is 16.6 Å². The van der Waals surface area contributed by atoms with Crippen molar-refractivity contribution >= 4 is 5.52 Å². The summed E-state index contributed by atoms with van der Waals surface area (Å²) in [7, 11) is 0. The highest BCUT2D eigenvalue weighted by Crippen LogP contribution is 2.40. The Balaban J connectivity index is 0.00000361. The fraction of sp³-hybridized carbons (Fsp3) is 0.387. The van der Waals surface area contributed by atoms with Crippen LogP contribution in [-0.2, 0) is 0 Å².